The van der Waals surface area contributed by atoms with E-state index >= 15 is 0 Å². The largest absolute Gasteiger partial charge is 0.468 e. The van der Waals surface area contributed by atoms with Crippen LogP contribution in [0.4, 0.5) is 5.95 Å². The molecule has 1 N–H and O–H groups in total. The summed E-state index contributed by atoms with van der Waals surface area (Å²) < 4.78 is 7.78. The maximum atomic E-state index is 5.52. The van der Waals surface area contributed by atoms with Gasteiger partial charge in [0.25, 0.3) is 0 Å². The van der Waals surface area contributed by atoms with E-state index in [0.717, 1.165) is 28.7 Å². The van der Waals surface area contributed by atoms with Crippen LogP contribution >= 0.6 is 0 Å². The summed E-state index contributed by atoms with van der Waals surface area (Å²) in [4.78, 5) is 14.2. The molecule has 6 rings (SSSR count). The Morgan fingerprint density at radius 1 is 1.00 bits per heavy atom. The minimum absolute atomic E-state index is 0.0507. The summed E-state index contributed by atoms with van der Waals surface area (Å²) in [5.41, 5.74) is 3.26. The Morgan fingerprint density at radius 3 is 2.72 bits per heavy atom. The van der Waals surface area contributed by atoms with Gasteiger partial charge in [-0.3, -0.25) is 14.4 Å². The molecule has 7 nitrogen and oxygen atoms in total. The van der Waals surface area contributed by atoms with Crippen LogP contribution < -0.4 is 10.2 Å². The number of imidazole rings is 1. The van der Waals surface area contributed by atoms with Crippen LogP contribution in [0.2, 0.25) is 0 Å². The molecule has 29 heavy (non-hydrogen) atoms. The monoisotopic (exact) mass is 384 g/mol. The van der Waals surface area contributed by atoms with E-state index in [2.05, 4.69) is 62.1 Å². The van der Waals surface area contributed by atoms with Gasteiger partial charge in [-0.1, -0.05) is 42.5 Å². The van der Waals surface area contributed by atoms with Gasteiger partial charge in [0.05, 0.1) is 37.2 Å². The maximum absolute atomic E-state index is 5.52. The van der Waals surface area contributed by atoms with Crippen molar-refractivity contribution in [2.45, 2.75) is 12.7 Å². The van der Waals surface area contributed by atoms with Crippen molar-refractivity contribution < 1.29 is 4.42 Å². The summed E-state index contributed by atoms with van der Waals surface area (Å²) in [7, 11) is 0. The normalized spacial score (nSPS) is 18.8. The summed E-state index contributed by atoms with van der Waals surface area (Å²) in [6, 6.07) is 22.6. The van der Waals surface area contributed by atoms with E-state index in [1.165, 1.54) is 5.56 Å². The van der Waals surface area contributed by atoms with Crippen LogP contribution in [0.5, 0.6) is 0 Å². The fourth-order valence-electron chi connectivity index (χ4n) is 4.10. The van der Waals surface area contributed by atoms with Crippen LogP contribution in [0.3, 0.4) is 0 Å². The second-order valence-corrected chi connectivity index (χ2v) is 7.33. The molecule has 2 aliphatic heterocycles. The van der Waals surface area contributed by atoms with Gasteiger partial charge in [0.15, 0.2) is 0 Å². The minimum Gasteiger partial charge on any atom is -0.468 e. The molecule has 4 aromatic rings. The highest BCUT2D eigenvalue weighted by Gasteiger charge is 2.35. The van der Waals surface area contributed by atoms with E-state index in [1.54, 1.807) is 6.26 Å². The van der Waals surface area contributed by atoms with Crippen molar-refractivity contribution >= 4 is 22.9 Å². The topological polar surface area (TPSA) is 61.8 Å². The molecule has 4 heterocycles. The van der Waals surface area contributed by atoms with Crippen molar-refractivity contribution in [3.8, 4) is 0 Å². The summed E-state index contributed by atoms with van der Waals surface area (Å²) >= 11 is 0. The molecule has 0 radical (unpaired) electrons. The highest BCUT2D eigenvalue weighted by atomic mass is 16.3. The van der Waals surface area contributed by atoms with Gasteiger partial charge in [0.2, 0.25) is 11.9 Å². The molecule has 0 amide bonds. The van der Waals surface area contributed by atoms with E-state index in [9.17, 15) is 0 Å². The van der Waals surface area contributed by atoms with Crippen LogP contribution in [0.1, 0.15) is 17.5 Å². The third kappa shape index (κ3) is 2.70. The second-order valence-electron chi connectivity index (χ2n) is 7.33. The lowest BCUT2D eigenvalue weighted by Gasteiger charge is -2.41. The lowest BCUT2D eigenvalue weighted by Crippen LogP contribution is -2.57. The zero-order chi connectivity index (χ0) is 19.2. The standard InChI is InChI=1S/C22H20N6O/c1-2-7-16(8-3-1)20-25-21-23-14-26(13-17-9-6-12-29-17)15-27(21)22-24-18-10-4-5-11-19(18)28(20)22/h1-12,20H,13-15H2,(H,23,25). The molecule has 1 atom stereocenters. The van der Waals surface area contributed by atoms with Crippen LogP contribution in [-0.4, -0.2) is 33.7 Å². The molecule has 0 bridgehead atoms. The first-order valence-corrected chi connectivity index (χ1v) is 9.72. The number of hydrogen-bond donors (Lipinski definition) is 1. The first kappa shape index (κ1) is 16.4. The fourth-order valence-corrected chi connectivity index (χ4v) is 4.10. The van der Waals surface area contributed by atoms with Gasteiger partial charge in [0.1, 0.15) is 11.9 Å². The number of aromatic nitrogens is 2. The highest BCUT2D eigenvalue weighted by molar-refractivity contribution is 5.98. The minimum atomic E-state index is -0.0507. The van der Waals surface area contributed by atoms with Crippen LogP contribution in [0.25, 0.3) is 11.0 Å². The van der Waals surface area contributed by atoms with Gasteiger partial charge in [0, 0.05) is 0 Å². The van der Waals surface area contributed by atoms with E-state index in [-0.39, 0.29) is 6.17 Å². The third-order valence-corrected chi connectivity index (χ3v) is 5.44. The van der Waals surface area contributed by atoms with Gasteiger partial charge in [-0.05, 0) is 29.8 Å². The second kappa shape index (κ2) is 6.49. The lowest BCUT2D eigenvalue weighted by atomic mass is 10.1. The Balaban J connectivity index is 1.44. The van der Waals surface area contributed by atoms with Crippen LogP contribution in [-0.2, 0) is 6.54 Å². The SMILES string of the molecule is c1ccc(C2NC3=NCN(Cc4ccco4)CN3c3nc4ccccc4n32)cc1. The molecule has 2 aromatic carbocycles. The zero-order valence-electron chi connectivity index (χ0n) is 15.8. The van der Waals surface area contributed by atoms with Crippen molar-refractivity contribution in [2.24, 2.45) is 4.99 Å². The molecule has 0 saturated carbocycles. The summed E-state index contributed by atoms with van der Waals surface area (Å²) in [6.45, 7) is 2.02. The quantitative estimate of drug-likeness (QED) is 0.587. The van der Waals surface area contributed by atoms with E-state index in [4.69, 9.17) is 14.4 Å². The van der Waals surface area contributed by atoms with Gasteiger partial charge < -0.3 is 9.73 Å². The van der Waals surface area contributed by atoms with Gasteiger partial charge >= 0.3 is 0 Å². The Morgan fingerprint density at radius 2 is 1.86 bits per heavy atom. The average Bonchev–Trinajstić information content (AvgIpc) is 3.42. The molecular formula is C22H20N6O. The number of hydrogen-bond acceptors (Lipinski definition) is 6. The molecule has 1 unspecified atom stereocenters. The molecule has 144 valence electrons. The van der Waals surface area contributed by atoms with Crippen LogP contribution in [0, 0.1) is 0 Å². The number of nitrogens with zero attached hydrogens (tertiary/aromatic N) is 5. The number of nitrogens with one attached hydrogen (secondary N) is 1. The third-order valence-electron chi connectivity index (χ3n) is 5.44. The number of anilines is 1. The first-order chi connectivity index (χ1) is 14.4. The Hall–Kier alpha value is -3.58. The van der Waals surface area contributed by atoms with E-state index in [0.29, 0.717) is 19.9 Å². The molecule has 2 aliphatic rings. The number of benzene rings is 2. The molecule has 7 heteroatoms. The van der Waals surface area contributed by atoms with Gasteiger partial charge in [-0.2, -0.15) is 0 Å². The molecule has 0 aliphatic carbocycles. The van der Waals surface area contributed by atoms with Crippen molar-refractivity contribution in [1.82, 2.24) is 19.8 Å². The summed E-state index contributed by atoms with van der Waals surface area (Å²) in [5, 5.41) is 3.63. The predicted octanol–water partition coefficient (Wildman–Crippen LogP) is 3.37. The van der Waals surface area contributed by atoms with Crippen molar-refractivity contribution in [1.29, 1.82) is 0 Å². The summed E-state index contributed by atoms with van der Waals surface area (Å²) in [6.07, 6.45) is 1.66. The molecule has 0 spiro atoms. The number of aliphatic imine (C=N–C) groups is 1. The van der Waals surface area contributed by atoms with Crippen molar-refractivity contribution in [3.05, 3.63) is 84.3 Å². The molecular weight excluding hydrogens is 364 g/mol. The Bertz CT molecular complexity index is 1180. The highest BCUT2D eigenvalue weighted by Crippen LogP contribution is 2.33. The Kier molecular flexibility index (Phi) is 3.67. The number of fused-ring (bicyclic) bond motifs is 5. The molecule has 0 saturated heterocycles. The van der Waals surface area contributed by atoms with Crippen molar-refractivity contribution in [3.63, 3.8) is 0 Å². The number of para-hydroxylation sites is 2. The number of rotatable bonds is 3. The number of furan rings is 1. The zero-order valence-corrected chi connectivity index (χ0v) is 15.8. The van der Waals surface area contributed by atoms with E-state index < -0.39 is 0 Å². The summed E-state index contributed by atoms with van der Waals surface area (Å²) in [5.74, 6) is 2.70. The average molecular weight is 384 g/mol. The van der Waals surface area contributed by atoms with Gasteiger partial charge in [-0.25, -0.2) is 9.98 Å². The van der Waals surface area contributed by atoms with E-state index in [1.807, 2.05) is 24.3 Å². The van der Waals surface area contributed by atoms with Crippen molar-refractivity contribution in [2.75, 3.05) is 18.2 Å². The molecule has 2 aromatic heterocycles. The smallest absolute Gasteiger partial charge is 0.216 e. The predicted molar refractivity (Wildman–Crippen MR) is 111 cm³/mol. The lowest BCUT2D eigenvalue weighted by molar-refractivity contribution is 0.243. The Labute approximate surface area is 167 Å². The van der Waals surface area contributed by atoms with Crippen LogP contribution in [0.15, 0.2) is 82.4 Å². The fraction of sp³-hybridized carbons (Fsp3) is 0.182. The maximum Gasteiger partial charge on any atom is 0.216 e. The number of guanidine groups is 1. The molecule has 0 fully saturated rings. The van der Waals surface area contributed by atoms with Gasteiger partial charge in [-0.15, -0.1) is 0 Å². The first-order valence-electron chi connectivity index (χ1n) is 9.72.